The van der Waals surface area contributed by atoms with Crippen molar-refractivity contribution in [2.24, 2.45) is 5.92 Å². The number of ketones is 2. The summed E-state index contributed by atoms with van der Waals surface area (Å²) in [5.41, 5.74) is 1.87. The highest BCUT2D eigenvalue weighted by Crippen LogP contribution is 2.45. The molecule has 0 radical (unpaired) electrons. The van der Waals surface area contributed by atoms with Gasteiger partial charge in [0.1, 0.15) is 5.03 Å². The van der Waals surface area contributed by atoms with E-state index in [1.54, 1.807) is 12.2 Å². The summed E-state index contributed by atoms with van der Waals surface area (Å²) in [4.78, 5) is 24.5. The maximum atomic E-state index is 12.3. The van der Waals surface area contributed by atoms with Crippen LogP contribution in [0.15, 0.2) is 57.2 Å². The summed E-state index contributed by atoms with van der Waals surface area (Å²) in [6, 6.07) is 0. The lowest BCUT2D eigenvalue weighted by molar-refractivity contribution is -0.116. The summed E-state index contributed by atoms with van der Waals surface area (Å²) in [5, 5.41) is -0.466. The predicted octanol–water partition coefficient (Wildman–Crippen LogP) is 3.80. The van der Waals surface area contributed by atoms with Gasteiger partial charge in [-0.15, -0.1) is 11.6 Å². The van der Waals surface area contributed by atoms with Crippen LogP contribution < -0.4 is 0 Å². The molecule has 0 N–H and O–H groups in total. The molecule has 0 saturated carbocycles. The molecule has 2 atom stereocenters. The van der Waals surface area contributed by atoms with Crippen LogP contribution in [0.25, 0.3) is 0 Å². The molecule has 0 spiro atoms. The van der Waals surface area contributed by atoms with Crippen LogP contribution in [0, 0.1) is 5.92 Å². The van der Waals surface area contributed by atoms with Crippen LogP contribution in [0.2, 0.25) is 0 Å². The third kappa shape index (κ3) is 2.03. The van der Waals surface area contributed by atoms with E-state index in [2.05, 4.69) is 0 Å². The van der Waals surface area contributed by atoms with Crippen molar-refractivity contribution in [3.63, 3.8) is 0 Å². The van der Waals surface area contributed by atoms with Crippen molar-refractivity contribution in [1.82, 2.24) is 0 Å². The summed E-state index contributed by atoms with van der Waals surface area (Å²) in [6.07, 6.45) is 9.01. The third-order valence-electron chi connectivity index (χ3n) is 3.64. The zero-order chi connectivity index (χ0) is 14.4. The van der Waals surface area contributed by atoms with Gasteiger partial charge in [0.15, 0.2) is 11.6 Å². The molecule has 20 heavy (non-hydrogen) atoms. The molecule has 3 aliphatic carbocycles. The van der Waals surface area contributed by atoms with E-state index in [0.717, 1.165) is 5.57 Å². The van der Waals surface area contributed by atoms with Gasteiger partial charge in [0.05, 0.1) is 16.3 Å². The Morgan fingerprint density at radius 3 is 2.50 bits per heavy atom. The summed E-state index contributed by atoms with van der Waals surface area (Å²) >= 11 is 18.5. The van der Waals surface area contributed by atoms with Crippen LogP contribution in [-0.4, -0.2) is 16.9 Å². The second-order valence-electron chi connectivity index (χ2n) is 4.83. The largest absolute Gasteiger partial charge is 0.292 e. The number of carbonyl (C=O) groups excluding carboxylic acids is 2. The number of rotatable bonds is 0. The number of hydrogen-bond acceptors (Lipinski definition) is 2. The van der Waals surface area contributed by atoms with E-state index in [-0.39, 0.29) is 21.6 Å². The first kappa shape index (κ1) is 13.9. The smallest absolute Gasteiger partial charge is 0.185 e. The number of halogens is 3. The number of hydrogen-bond donors (Lipinski definition) is 0. The molecule has 2 unspecified atom stereocenters. The van der Waals surface area contributed by atoms with Gasteiger partial charge < -0.3 is 0 Å². The molecule has 0 aromatic carbocycles. The van der Waals surface area contributed by atoms with Crippen LogP contribution in [-0.2, 0) is 9.59 Å². The highest BCUT2D eigenvalue weighted by atomic mass is 35.5. The standard InChI is InChI=1S/C15H9Cl3O2/c16-12-8-4-2-1-3-7(5-8)10(19)6-9-11(12)15(20)14(18)13(9)17/h1-4,6,11-12H,5H2/b9-6+. The van der Waals surface area contributed by atoms with Crippen molar-refractivity contribution in [2.45, 2.75) is 11.8 Å². The van der Waals surface area contributed by atoms with Gasteiger partial charge in [0.2, 0.25) is 0 Å². The molecular formula is C15H9Cl3O2. The number of Topliss-reactive ketones (excluding diaryl/α,β-unsaturated/α-hetero) is 1. The van der Waals surface area contributed by atoms with E-state index >= 15 is 0 Å². The Labute approximate surface area is 131 Å². The number of alkyl halides is 1. The Hall–Kier alpha value is -1.09. The van der Waals surface area contributed by atoms with E-state index in [9.17, 15) is 9.59 Å². The van der Waals surface area contributed by atoms with Gasteiger partial charge in [-0.05, 0) is 23.6 Å². The van der Waals surface area contributed by atoms with Crippen LogP contribution in [0.1, 0.15) is 6.42 Å². The van der Waals surface area contributed by atoms with Crippen molar-refractivity contribution >= 4 is 46.4 Å². The van der Waals surface area contributed by atoms with E-state index in [1.165, 1.54) is 6.08 Å². The van der Waals surface area contributed by atoms with Crippen molar-refractivity contribution in [3.8, 4) is 0 Å². The van der Waals surface area contributed by atoms with E-state index in [0.29, 0.717) is 17.6 Å². The van der Waals surface area contributed by atoms with E-state index in [4.69, 9.17) is 34.8 Å². The second-order valence-corrected chi connectivity index (χ2v) is 6.06. The topological polar surface area (TPSA) is 34.1 Å². The van der Waals surface area contributed by atoms with Crippen LogP contribution in [0.4, 0.5) is 0 Å². The lowest BCUT2D eigenvalue weighted by atomic mass is 9.84. The fourth-order valence-corrected chi connectivity index (χ4v) is 3.48. The Bertz CT molecular complexity index is 677. The van der Waals surface area contributed by atoms with Crippen molar-refractivity contribution in [1.29, 1.82) is 0 Å². The highest BCUT2D eigenvalue weighted by Gasteiger charge is 2.43. The molecule has 0 aromatic rings. The fraction of sp³-hybridized carbons (Fsp3) is 0.200. The predicted molar refractivity (Wildman–Crippen MR) is 79.9 cm³/mol. The van der Waals surface area contributed by atoms with E-state index < -0.39 is 11.3 Å². The summed E-state index contributed by atoms with van der Waals surface area (Å²) in [7, 11) is 0. The van der Waals surface area contributed by atoms with Crippen molar-refractivity contribution < 1.29 is 9.59 Å². The zero-order valence-electron chi connectivity index (χ0n) is 10.2. The molecule has 0 fully saturated rings. The number of carbonyl (C=O) groups is 2. The van der Waals surface area contributed by atoms with Gasteiger partial charge in [-0.2, -0.15) is 0 Å². The molecule has 5 heteroatoms. The SMILES string of the molecule is O=C1/C=C2/C(Cl)=C(Cl)C(=O)C2C(Cl)C2=CC=CC=C1C2. The minimum absolute atomic E-state index is 0.0410. The lowest BCUT2D eigenvalue weighted by Gasteiger charge is -2.23. The minimum Gasteiger partial charge on any atom is -0.292 e. The number of allylic oxidation sites excluding steroid dienone is 10. The average molecular weight is 328 g/mol. The normalized spacial score (nSPS) is 31.9. The summed E-state index contributed by atoms with van der Waals surface area (Å²) in [6.45, 7) is 0. The maximum absolute atomic E-state index is 12.3. The van der Waals surface area contributed by atoms with Gasteiger partial charge in [-0.1, -0.05) is 47.5 Å². The Morgan fingerprint density at radius 1 is 1.05 bits per heavy atom. The molecular weight excluding hydrogens is 319 g/mol. The molecule has 0 aliphatic heterocycles. The minimum atomic E-state index is -0.681. The monoisotopic (exact) mass is 326 g/mol. The molecule has 2 nitrogen and oxygen atoms in total. The first-order valence-corrected chi connectivity index (χ1v) is 7.26. The van der Waals surface area contributed by atoms with Crippen molar-refractivity contribution in [2.75, 3.05) is 0 Å². The maximum Gasteiger partial charge on any atom is 0.185 e. The third-order valence-corrected chi connectivity index (χ3v) is 5.05. The summed E-state index contributed by atoms with van der Waals surface area (Å²) in [5.74, 6) is -1.17. The molecule has 3 aliphatic rings. The fourth-order valence-electron chi connectivity index (χ4n) is 2.59. The quantitative estimate of drug-likeness (QED) is 0.634. The van der Waals surface area contributed by atoms with Gasteiger partial charge in [0.25, 0.3) is 0 Å². The molecule has 0 aromatic heterocycles. The van der Waals surface area contributed by atoms with Gasteiger partial charge >= 0.3 is 0 Å². The molecule has 0 heterocycles. The molecule has 3 rings (SSSR count). The molecule has 102 valence electrons. The highest BCUT2D eigenvalue weighted by molar-refractivity contribution is 6.52. The molecule has 0 amide bonds. The Balaban J connectivity index is 2.21. The Morgan fingerprint density at radius 2 is 1.75 bits per heavy atom. The van der Waals surface area contributed by atoms with Crippen LogP contribution >= 0.6 is 34.8 Å². The lowest BCUT2D eigenvalue weighted by Crippen LogP contribution is -2.27. The molecule has 2 bridgehead atoms. The van der Waals surface area contributed by atoms with Gasteiger partial charge in [-0.3, -0.25) is 9.59 Å². The van der Waals surface area contributed by atoms with Crippen molar-refractivity contribution in [3.05, 3.63) is 57.2 Å². The second kappa shape index (κ2) is 5.03. The summed E-state index contributed by atoms with van der Waals surface area (Å²) < 4.78 is 0. The van der Waals surface area contributed by atoms with E-state index in [1.807, 2.05) is 12.2 Å². The first-order valence-electron chi connectivity index (χ1n) is 6.07. The van der Waals surface area contributed by atoms with Gasteiger partial charge in [-0.25, -0.2) is 0 Å². The Kier molecular flexibility index (Phi) is 3.49. The van der Waals surface area contributed by atoms with Crippen LogP contribution in [0.3, 0.4) is 0 Å². The van der Waals surface area contributed by atoms with Crippen LogP contribution in [0.5, 0.6) is 0 Å². The first-order chi connectivity index (χ1) is 9.50. The number of fused-ring (bicyclic) bond motifs is 3. The molecule has 0 saturated heterocycles. The zero-order valence-corrected chi connectivity index (χ0v) is 12.5. The van der Waals surface area contributed by atoms with Gasteiger partial charge in [0, 0.05) is 5.57 Å². The average Bonchev–Trinajstić information content (AvgIpc) is 2.66.